The fraction of sp³-hybridized carbons (Fsp3) is 0.304. The molecule has 0 bridgehead atoms. The molecule has 1 aromatic heterocycles. The molecule has 7 heteroatoms. The van der Waals surface area contributed by atoms with Crippen molar-refractivity contribution in [2.75, 3.05) is 17.2 Å². The summed E-state index contributed by atoms with van der Waals surface area (Å²) in [5.74, 6) is 0.985. The summed E-state index contributed by atoms with van der Waals surface area (Å²) < 4.78 is 31.3. The Morgan fingerprint density at radius 3 is 2.37 bits per heavy atom. The van der Waals surface area contributed by atoms with Crippen LogP contribution in [0.4, 0.5) is 15.9 Å². The maximum atomic E-state index is 13.6. The molecule has 3 N–H and O–H groups in total. The minimum absolute atomic E-state index is 0. The Hall–Kier alpha value is -2.80. The van der Waals surface area contributed by atoms with E-state index in [4.69, 9.17) is 16.1 Å². The molecular formula is C23H29FN4OS. The standard InChI is InChI=1S/C23H27FN4OS.H2/c1-5-30(29,6-2)28-23-19-12-20(26)16(13-25)11-18(19)21(22(27-23)14(3)4)15-7-9-17(24)10-8-15;/h7-14,25H,5-6,26H2,1-4H3;1H. The molecule has 160 valence electrons. The van der Waals surface area contributed by atoms with E-state index in [1.54, 1.807) is 18.2 Å². The first kappa shape index (κ1) is 21.9. The molecule has 0 saturated carbocycles. The van der Waals surface area contributed by atoms with Gasteiger partial charge in [-0.05, 0) is 41.1 Å². The first-order valence-electron chi connectivity index (χ1n) is 9.99. The molecule has 0 atom stereocenters. The second-order valence-corrected chi connectivity index (χ2v) is 10.4. The van der Waals surface area contributed by atoms with Crippen LogP contribution in [0.1, 0.15) is 46.3 Å². The Bertz CT molecular complexity index is 1220. The fourth-order valence-corrected chi connectivity index (χ4v) is 4.54. The molecule has 5 nitrogen and oxygen atoms in total. The average molecular weight is 429 g/mol. The number of nitrogens with one attached hydrogen (secondary N) is 1. The van der Waals surface area contributed by atoms with Gasteiger partial charge >= 0.3 is 0 Å². The molecule has 0 unspecified atom stereocenters. The SMILES string of the molecule is CCS(=O)(CC)=Nc1nc(C(C)C)c(-c2ccc(F)cc2)c2cc(C=N)c(N)cc12.[HH]. The Morgan fingerprint density at radius 1 is 1.20 bits per heavy atom. The van der Waals surface area contributed by atoms with Gasteiger partial charge in [-0.1, -0.05) is 39.8 Å². The van der Waals surface area contributed by atoms with Crippen LogP contribution in [0.25, 0.3) is 21.9 Å². The van der Waals surface area contributed by atoms with E-state index in [9.17, 15) is 8.60 Å². The largest absolute Gasteiger partial charge is 0.398 e. The molecular weight excluding hydrogens is 399 g/mol. The zero-order valence-electron chi connectivity index (χ0n) is 17.7. The number of nitrogen functional groups attached to an aromatic ring is 1. The number of anilines is 1. The predicted molar refractivity (Wildman–Crippen MR) is 127 cm³/mol. The summed E-state index contributed by atoms with van der Waals surface area (Å²) in [6.45, 7) is 7.76. The number of halogens is 1. The van der Waals surface area contributed by atoms with Crippen LogP contribution in [0, 0.1) is 11.2 Å². The Morgan fingerprint density at radius 2 is 1.83 bits per heavy atom. The van der Waals surface area contributed by atoms with Crippen molar-refractivity contribution in [2.45, 2.75) is 33.6 Å². The molecule has 1 heterocycles. The van der Waals surface area contributed by atoms with Crippen molar-refractivity contribution in [2.24, 2.45) is 4.36 Å². The van der Waals surface area contributed by atoms with Crippen molar-refractivity contribution in [1.29, 1.82) is 5.41 Å². The number of hydrogen-bond donors (Lipinski definition) is 2. The van der Waals surface area contributed by atoms with Crippen LogP contribution in [-0.2, 0) is 9.73 Å². The maximum absolute atomic E-state index is 13.6. The van der Waals surface area contributed by atoms with Crippen LogP contribution in [0.2, 0.25) is 0 Å². The number of aromatic nitrogens is 1. The molecule has 0 aliphatic carbocycles. The molecule has 0 saturated heterocycles. The first-order valence-corrected chi connectivity index (χ1v) is 11.8. The third-order valence-corrected chi connectivity index (χ3v) is 7.52. The van der Waals surface area contributed by atoms with Crippen molar-refractivity contribution in [3.05, 3.63) is 53.5 Å². The quantitative estimate of drug-likeness (QED) is 0.365. The third-order valence-electron chi connectivity index (χ3n) is 5.21. The predicted octanol–water partition coefficient (Wildman–Crippen LogP) is 6.13. The highest BCUT2D eigenvalue weighted by Gasteiger charge is 2.20. The van der Waals surface area contributed by atoms with Crippen LogP contribution in [0.5, 0.6) is 0 Å². The monoisotopic (exact) mass is 428 g/mol. The highest BCUT2D eigenvalue weighted by atomic mass is 32.2. The van der Waals surface area contributed by atoms with E-state index >= 15 is 0 Å². The van der Waals surface area contributed by atoms with Crippen LogP contribution >= 0.6 is 0 Å². The minimum atomic E-state index is -2.44. The lowest BCUT2D eigenvalue weighted by atomic mass is 9.91. The molecule has 0 spiro atoms. The zero-order valence-corrected chi connectivity index (χ0v) is 18.5. The van der Waals surface area contributed by atoms with Gasteiger partial charge in [-0.25, -0.2) is 13.6 Å². The lowest BCUT2D eigenvalue weighted by molar-refractivity contribution is 0.628. The molecule has 3 aromatic rings. The molecule has 0 radical (unpaired) electrons. The van der Waals surface area contributed by atoms with Gasteiger partial charge in [0.15, 0.2) is 5.82 Å². The Balaban J connectivity index is 0.00000341. The smallest absolute Gasteiger partial charge is 0.169 e. The summed E-state index contributed by atoms with van der Waals surface area (Å²) in [6, 6.07) is 9.84. The van der Waals surface area contributed by atoms with Crippen molar-refractivity contribution >= 4 is 38.2 Å². The topological polar surface area (TPSA) is 92.2 Å². The number of pyridine rings is 1. The van der Waals surface area contributed by atoms with Gasteiger partial charge in [-0.2, -0.15) is 4.36 Å². The number of fused-ring (bicyclic) bond motifs is 1. The van der Waals surface area contributed by atoms with E-state index in [2.05, 4.69) is 4.36 Å². The number of benzene rings is 2. The van der Waals surface area contributed by atoms with Crippen LogP contribution < -0.4 is 5.73 Å². The highest BCUT2D eigenvalue weighted by Crippen LogP contribution is 2.40. The van der Waals surface area contributed by atoms with Gasteiger partial charge in [0, 0.05) is 41.3 Å². The first-order chi connectivity index (χ1) is 14.2. The van der Waals surface area contributed by atoms with Gasteiger partial charge in [0.05, 0.1) is 15.4 Å². The molecule has 0 fully saturated rings. The van der Waals surface area contributed by atoms with Gasteiger partial charge in [0.1, 0.15) is 5.82 Å². The fourth-order valence-electron chi connectivity index (χ4n) is 3.42. The molecule has 0 amide bonds. The van der Waals surface area contributed by atoms with Crippen LogP contribution in [-0.4, -0.2) is 26.9 Å². The van der Waals surface area contributed by atoms with Crippen LogP contribution in [0.3, 0.4) is 0 Å². The van der Waals surface area contributed by atoms with Gasteiger partial charge in [-0.15, -0.1) is 0 Å². The van der Waals surface area contributed by atoms with Crippen molar-refractivity contribution in [3.63, 3.8) is 0 Å². The van der Waals surface area contributed by atoms with Crippen molar-refractivity contribution < 1.29 is 10.0 Å². The number of hydrogen-bond acceptors (Lipinski definition) is 5. The van der Waals surface area contributed by atoms with E-state index in [-0.39, 0.29) is 13.2 Å². The van der Waals surface area contributed by atoms with E-state index in [0.717, 1.165) is 22.2 Å². The Kier molecular flexibility index (Phi) is 6.22. The van der Waals surface area contributed by atoms with E-state index < -0.39 is 9.73 Å². The number of rotatable bonds is 6. The minimum Gasteiger partial charge on any atom is -0.398 e. The second kappa shape index (κ2) is 8.52. The van der Waals surface area contributed by atoms with E-state index in [1.165, 1.54) is 18.3 Å². The summed E-state index contributed by atoms with van der Waals surface area (Å²) in [5, 5.41) is 9.20. The summed E-state index contributed by atoms with van der Waals surface area (Å²) in [6.07, 6.45) is 1.21. The maximum Gasteiger partial charge on any atom is 0.169 e. The zero-order chi connectivity index (χ0) is 22.1. The van der Waals surface area contributed by atoms with Crippen molar-refractivity contribution in [3.8, 4) is 11.1 Å². The van der Waals surface area contributed by atoms with E-state index in [1.807, 2.05) is 33.8 Å². The average Bonchev–Trinajstić information content (AvgIpc) is 2.73. The van der Waals surface area contributed by atoms with Gasteiger partial charge in [0.25, 0.3) is 0 Å². The molecule has 0 aliphatic rings. The molecule has 2 aromatic carbocycles. The Labute approximate surface area is 178 Å². The van der Waals surface area contributed by atoms with Crippen molar-refractivity contribution in [1.82, 2.24) is 4.98 Å². The summed E-state index contributed by atoms with van der Waals surface area (Å²) in [5.41, 5.74) is 9.61. The number of nitrogens with two attached hydrogens (primary N) is 1. The summed E-state index contributed by atoms with van der Waals surface area (Å²) in [4.78, 5) is 4.82. The lowest BCUT2D eigenvalue weighted by Crippen LogP contribution is -2.07. The summed E-state index contributed by atoms with van der Waals surface area (Å²) >= 11 is 0. The second-order valence-electron chi connectivity index (χ2n) is 7.47. The van der Waals surface area contributed by atoms with Gasteiger partial charge < -0.3 is 11.1 Å². The van der Waals surface area contributed by atoms with Gasteiger partial charge in [-0.3, -0.25) is 0 Å². The highest BCUT2D eigenvalue weighted by molar-refractivity contribution is 7.93. The van der Waals surface area contributed by atoms with Crippen LogP contribution in [0.15, 0.2) is 40.8 Å². The number of nitrogens with zero attached hydrogens (tertiary/aromatic N) is 2. The van der Waals surface area contributed by atoms with Gasteiger partial charge in [0.2, 0.25) is 0 Å². The molecule has 30 heavy (non-hydrogen) atoms. The molecule has 0 aliphatic heterocycles. The van der Waals surface area contributed by atoms with E-state index in [0.29, 0.717) is 34.0 Å². The lowest BCUT2D eigenvalue weighted by Gasteiger charge is -2.18. The normalized spacial score (nSPS) is 11.8. The molecule has 3 rings (SSSR count). The third kappa shape index (κ3) is 4.07. The summed E-state index contributed by atoms with van der Waals surface area (Å²) in [7, 11) is -2.44.